The molecule has 3 heteroatoms. The zero-order chi connectivity index (χ0) is 11.3. The average molecular weight is 209 g/mol. The molecule has 0 fully saturated rings. The van der Waals surface area contributed by atoms with E-state index in [-0.39, 0.29) is 0 Å². The molecule has 1 heterocycles. The minimum Gasteiger partial charge on any atom is -0.333 e. The minimum absolute atomic E-state index is 0.556. The lowest BCUT2D eigenvalue weighted by atomic mass is 10.1. The van der Waals surface area contributed by atoms with Crippen LogP contribution in [-0.2, 0) is 6.54 Å². The van der Waals surface area contributed by atoms with Crippen molar-refractivity contribution < 1.29 is 0 Å². The van der Waals surface area contributed by atoms with Crippen molar-refractivity contribution >= 4 is 0 Å². The molecule has 15 heavy (non-hydrogen) atoms. The minimum atomic E-state index is 0.556. The Bertz CT molecular complexity index is 278. The highest BCUT2D eigenvalue weighted by molar-refractivity contribution is 5.04. The molecule has 86 valence electrons. The van der Waals surface area contributed by atoms with Crippen molar-refractivity contribution in [1.82, 2.24) is 14.9 Å². The molecule has 1 N–H and O–H groups in total. The van der Waals surface area contributed by atoms with E-state index in [1.165, 1.54) is 12.1 Å². The molecule has 0 spiro atoms. The second kappa shape index (κ2) is 5.91. The summed E-state index contributed by atoms with van der Waals surface area (Å²) in [5.74, 6) is 0.603. The van der Waals surface area contributed by atoms with Crippen LogP contribution in [0.25, 0.3) is 0 Å². The third-order valence-electron chi connectivity index (χ3n) is 2.77. The lowest BCUT2D eigenvalue weighted by Gasteiger charge is -2.14. The molecule has 0 bridgehead atoms. The summed E-state index contributed by atoms with van der Waals surface area (Å²) in [6, 6.07) is 0.556. The number of aromatic nitrogens is 2. The SMILES string of the molecule is CCC(C)c1cncn1CCNC(C)C. The third-order valence-corrected chi connectivity index (χ3v) is 2.77. The van der Waals surface area contributed by atoms with Crippen molar-refractivity contribution in [2.24, 2.45) is 0 Å². The summed E-state index contributed by atoms with van der Waals surface area (Å²) in [5.41, 5.74) is 1.35. The van der Waals surface area contributed by atoms with Gasteiger partial charge in [-0.1, -0.05) is 27.7 Å². The Kier molecular flexibility index (Phi) is 4.82. The summed E-state index contributed by atoms with van der Waals surface area (Å²) in [4.78, 5) is 4.22. The van der Waals surface area contributed by atoms with Gasteiger partial charge in [0.2, 0.25) is 0 Å². The normalized spacial score (nSPS) is 13.4. The van der Waals surface area contributed by atoms with Gasteiger partial charge < -0.3 is 9.88 Å². The first-order valence-electron chi connectivity index (χ1n) is 5.88. The molecule has 1 atom stereocenters. The van der Waals surface area contributed by atoms with Crippen LogP contribution in [0.2, 0.25) is 0 Å². The van der Waals surface area contributed by atoms with Crippen LogP contribution in [0.15, 0.2) is 12.5 Å². The lowest BCUT2D eigenvalue weighted by molar-refractivity contribution is 0.522. The topological polar surface area (TPSA) is 29.9 Å². The van der Waals surface area contributed by atoms with Crippen LogP contribution >= 0.6 is 0 Å². The fourth-order valence-corrected chi connectivity index (χ4v) is 1.61. The Morgan fingerprint density at radius 1 is 1.40 bits per heavy atom. The smallest absolute Gasteiger partial charge is 0.0948 e. The van der Waals surface area contributed by atoms with Crippen LogP contribution in [0.1, 0.15) is 45.7 Å². The van der Waals surface area contributed by atoms with Gasteiger partial charge >= 0.3 is 0 Å². The van der Waals surface area contributed by atoms with E-state index in [0.717, 1.165) is 13.1 Å². The highest BCUT2D eigenvalue weighted by Crippen LogP contribution is 2.17. The van der Waals surface area contributed by atoms with Crippen LogP contribution in [0, 0.1) is 0 Å². The van der Waals surface area contributed by atoms with Crippen LogP contribution < -0.4 is 5.32 Å². The summed E-state index contributed by atoms with van der Waals surface area (Å²) >= 11 is 0. The maximum Gasteiger partial charge on any atom is 0.0948 e. The van der Waals surface area contributed by atoms with Gasteiger partial charge in [-0.3, -0.25) is 0 Å². The molecule has 0 aliphatic heterocycles. The first-order valence-corrected chi connectivity index (χ1v) is 5.88. The van der Waals surface area contributed by atoms with E-state index >= 15 is 0 Å². The number of imidazole rings is 1. The van der Waals surface area contributed by atoms with Crippen molar-refractivity contribution in [2.75, 3.05) is 6.54 Å². The Morgan fingerprint density at radius 3 is 2.73 bits per heavy atom. The van der Waals surface area contributed by atoms with Gasteiger partial charge in [-0.25, -0.2) is 4.98 Å². The molecule has 0 amide bonds. The Balaban J connectivity index is 2.50. The number of nitrogens with one attached hydrogen (secondary N) is 1. The Morgan fingerprint density at radius 2 is 2.13 bits per heavy atom. The van der Waals surface area contributed by atoms with Crippen molar-refractivity contribution in [3.8, 4) is 0 Å². The molecule has 1 rings (SSSR count). The lowest BCUT2D eigenvalue weighted by Crippen LogP contribution is -2.27. The van der Waals surface area contributed by atoms with E-state index < -0.39 is 0 Å². The van der Waals surface area contributed by atoms with E-state index in [2.05, 4.69) is 42.6 Å². The van der Waals surface area contributed by atoms with E-state index in [0.29, 0.717) is 12.0 Å². The van der Waals surface area contributed by atoms with Crippen LogP contribution in [0.3, 0.4) is 0 Å². The summed E-state index contributed by atoms with van der Waals surface area (Å²) < 4.78 is 2.25. The summed E-state index contributed by atoms with van der Waals surface area (Å²) in [7, 11) is 0. The average Bonchev–Trinajstić information content (AvgIpc) is 2.64. The van der Waals surface area contributed by atoms with Gasteiger partial charge in [0.1, 0.15) is 0 Å². The molecule has 0 aliphatic carbocycles. The van der Waals surface area contributed by atoms with Gasteiger partial charge in [0.15, 0.2) is 0 Å². The van der Waals surface area contributed by atoms with Crippen LogP contribution in [0.4, 0.5) is 0 Å². The van der Waals surface area contributed by atoms with Crippen molar-refractivity contribution in [2.45, 2.75) is 52.6 Å². The molecule has 0 saturated carbocycles. The predicted molar refractivity (Wildman–Crippen MR) is 64.1 cm³/mol. The van der Waals surface area contributed by atoms with Crippen LogP contribution in [-0.4, -0.2) is 22.1 Å². The molecule has 0 radical (unpaired) electrons. The van der Waals surface area contributed by atoms with Gasteiger partial charge in [-0.2, -0.15) is 0 Å². The molecule has 0 aromatic carbocycles. The standard InChI is InChI=1S/C12H23N3/c1-5-11(4)12-8-13-9-15(12)7-6-14-10(2)3/h8-11,14H,5-7H2,1-4H3. The Hall–Kier alpha value is -0.830. The maximum atomic E-state index is 4.22. The van der Waals surface area contributed by atoms with Crippen molar-refractivity contribution in [3.63, 3.8) is 0 Å². The van der Waals surface area contributed by atoms with Crippen molar-refractivity contribution in [1.29, 1.82) is 0 Å². The molecule has 0 saturated heterocycles. The second-order valence-corrected chi connectivity index (χ2v) is 4.43. The third kappa shape index (κ3) is 3.67. The number of hydrogen-bond donors (Lipinski definition) is 1. The largest absolute Gasteiger partial charge is 0.333 e. The van der Waals surface area contributed by atoms with E-state index in [1.54, 1.807) is 0 Å². The number of hydrogen-bond acceptors (Lipinski definition) is 2. The molecular formula is C12H23N3. The fourth-order valence-electron chi connectivity index (χ4n) is 1.61. The summed E-state index contributed by atoms with van der Waals surface area (Å²) in [6.45, 7) is 10.8. The molecule has 0 aliphatic rings. The molecule has 1 aromatic heterocycles. The summed E-state index contributed by atoms with van der Waals surface area (Å²) in [5, 5.41) is 3.42. The fraction of sp³-hybridized carbons (Fsp3) is 0.750. The zero-order valence-corrected chi connectivity index (χ0v) is 10.3. The first-order chi connectivity index (χ1) is 7.15. The van der Waals surface area contributed by atoms with E-state index in [1.807, 2.05) is 12.5 Å². The quantitative estimate of drug-likeness (QED) is 0.779. The summed E-state index contributed by atoms with van der Waals surface area (Å²) in [6.07, 6.45) is 5.09. The maximum absolute atomic E-state index is 4.22. The predicted octanol–water partition coefficient (Wildman–Crippen LogP) is 2.39. The zero-order valence-electron chi connectivity index (χ0n) is 10.3. The first kappa shape index (κ1) is 12.2. The highest BCUT2D eigenvalue weighted by atomic mass is 15.1. The van der Waals surface area contributed by atoms with Gasteiger partial charge in [0, 0.05) is 31.0 Å². The van der Waals surface area contributed by atoms with Crippen LogP contribution in [0.5, 0.6) is 0 Å². The van der Waals surface area contributed by atoms with Gasteiger partial charge in [0.25, 0.3) is 0 Å². The van der Waals surface area contributed by atoms with Gasteiger partial charge in [0.05, 0.1) is 6.33 Å². The highest BCUT2D eigenvalue weighted by Gasteiger charge is 2.08. The molecular weight excluding hydrogens is 186 g/mol. The number of rotatable bonds is 6. The monoisotopic (exact) mass is 209 g/mol. The van der Waals surface area contributed by atoms with Gasteiger partial charge in [-0.15, -0.1) is 0 Å². The molecule has 1 unspecified atom stereocenters. The van der Waals surface area contributed by atoms with E-state index in [9.17, 15) is 0 Å². The van der Waals surface area contributed by atoms with Gasteiger partial charge in [-0.05, 0) is 12.3 Å². The number of nitrogens with zero attached hydrogens (tertiary/aromatic N) is 2. The second-order valence-electron chi connectivity index (χ2n) is 4.43. The van der Waals surface area contributed by atoms with E-state index in [4.69, 9.17) is 0 Å². The van der Waals surface area contributed by atoms with Crippen molar-refractivity contribution in [3.05, 3.63) is 18.2 Å². The molecule has 3 nitrogen and oxygen atoms in total. The molecule has 1 aromatic rings. The Labute approximate surface area is 92.9 Å².